The zero-order chi connectivity index (χ0) is 12.1. The van der Waals surface area contributed by atoms with Crippen LogP contribution in [0, 0.1) is 0 Å². The van der Waals surface area contributed by atoms with Crippen molar-refractivity contribution >= 4 is 11.8 Å². The summed E-state index contributed by atoms with van der Waals surface area (Å²) < 4.78 is 25.0. The van der Waals surface area contributed by atoms with Gasteiger partial charge in [-0.25, -0.2) is 8.78 Å². The van der Waals surface area contributed by atoms with Crippen molar-refractivity contribution in [2.24, 2.45) is 0 Å². The molecule has 1 fully saturated rings. The smallest absolute Gasteiger partial charge is 0.263 e. The van der Waals surface area contributed by atoms with Gasteiger partial charge in [0.1, 0.15) is 0 Å². The van der Waals surface area contributed by atoms with Crippen molar-refractivity contribution in [1.29, 1.82) is 0 Å². The normalized spacial score (nSPS) is 20.1. The van der Waals surface area contributed by atoms with Crippen molar-refractivity contribution in [3.8, 4) is 0 Å². The molecule has 1 aliphatic rings. The topological polar surface area (TPSA) is 12.0 Å². The lowest BCUT2D eigenvalue weighted by molar-refractivity contribution is 0.151. The lowest BCUT2D eigenvalue weighted by atomic mass is 10.1. The Hall–Kier alpha value is -0.610. The highest BCUT2D eigenvalue weighted by atomic mass is 32.2. The molecule has 0 aromatic heterocycles. The maximum atomic E-state index is 12.5. The second kappa shape index (κ2) is 6.36. The second-order valence-electron chi connectivity index (χ2n) is 4.31. The zero-order valence-corrected chi connectivity index (χ0v) is 10.5. The van der Waals surface area contributed by atoms with Gasteiger partial charge in [0.15, 0.2) is 0 Å². The Balaban J connectivity index is 1.79. The minimum atomic E-state index is -2.37. The average Bonchev–Trinajstić information content (AvgIpc) is 2.82. The van der Waals surface area contributed by atoms with Crippen LogP contribution in [0.15, 0.2) is 24.3 Å². The molecule has 4 heteroatoms. The third-order valence-corrected chi connectivity index (χ3v) is 4.33. The molecule has 1 saturated heterocycles. The van der Waals surface area contributed by atoms with Gasteiger partial charge in [0.05, 0.1) is 0 Å². The van der Waals surface area contributed by atoms with Crippen molar-refractivity contribution in [2.75, 3.05) is 12.3 Å². The molecule has 1 N–H and O–H groups in total. The maximum Gasteiger partial charge on any atom is 0.263 e. The Kier molecular flexibility index (Phi) is 4.80. The number of thioether (sulfide) groups is 1. The number of rotatable bonds is 5. The Morgan fingerprint density at radius 2 is 2.29 bits per heavy atom. The van der Waals surface area contributed by atoms with E-state index in [-0.39, 0.29) is 5.56 Å². The van der Waals surface area contributed by atoms with Gasteiger partial charge in [-0.2, -0.15) is 11.8 Å². The first-order chi connectivity index (χ1) is 8.25. The molecule has 1 nitrogen and oxygen atoms in total. The van der Waals surface area contributed by atoms with E-state index in [9.17, 15) is 8.78 Å². The van der Waals surface area contributed by atoms with Gasteiger partial charge in [0.25, 0.3) is 6.43 Å². The Morgan fingerprint density at radius 1 is 1.41 bits per heavy atom. The lowest BCUT2D eigenvalue weighted by Gasteiger charge is -2.10. The molecule has 17 heavy (non-hydrogen) atoms. The molecule has 0 amide bonds. The highest BCUT2D eigenvalue weighted by molar-refractivity contribution is 8.00. The molecular weight excluding hydrogens is 240 g/mol. The lowest BCUT2D eigenvalue weighted by Crippen LogP contribution is -2.22. The third-order valence-electron chi connectivity index (χ3n) is 2.93. The number of alkyl halides is 2. The summed E-state index contributed by atoms with van der Waals surface area (Å²) in [6.45, 7) is 1.65. The van der Waals surface area contributed by atoms with Gasteiger partial charge in [-0.15, -0.1) is 0 Å². The van der Waals surface area contributed by atoms with Crippen molar-refractivity contribution in [3.05, 3.63) is 35.4 Å². The summed E-state index contributed by atoms with van der Waals surface area (Å²) in [7, 11) is 0. The molecule has 1 unspecified atom stereocenters. The van der Waals surface area contributed by atoms with E-state index in [1.54, 1.807) is 12.1 Å². The van der Waals surface area contributed by atoms with Crippen molar-refractivity contribution < 1.29 is 8.78 Å². The molecule has 0 saturated carbocycles. The minimum absolute atomic E-state index is 0.111. The van der Waals surface area contributed by atoms with Crippen LogP contribution in [-0.4, -0.2) is 17.5 Å². The summed E-state index contributed by atoms with van der Waals surface area (Å²) in [6.07, 6.45) is 0.201. The molecule has 1 atom stereocenters. The van der Waals surface area contributed by atoms with E-state index in [0.717, 1.165) is 12.1 Å². The maximum absolute atomic E-state index is 12.5. The molecule has 1 aromatic carbocycles. The molecule has 94 valence electrons. The van der Waals surface area contributed by atoms with Gasteiger partial charge in [-0.05, 0) is 30.2 Å². The van der Waals surface area contributed by atoms with Crippen molar-refractivity contribution in [1.82, 2.24) is 5.32 Å². The van der Waals surface area contributed by atoms with E-state index in [4.69, 9.17) is 0 Å². The number of hydrogen-bond acceptors (Lipinski definition) is 2. The Bertz CT molecular complexity index is 351. The first-order valence-electron chi connectivity index (χ1n) is 5.95. The number of hydrogen-bond donors (Lipinski definition) is 1. The first kappa shape index (κ1) is 12.8. The fourth-order valence-corrected chi connectivity index (χ4v) is 3.26. The van der Waals surface area contributed by atoms with Crippen LogP contribution in [0.3, 0.4) is 0 Å². The summed E-state index contributed by atoms with van der Waals surface area (Å²) in [4.78, 5) is 0. The van der Waals surface area contributed by atoms with E-state index in [1.165, 1.54) is 24.7 Å². The fraction of sp³-hybridized carbons (Fsp3) is 0.538. The first-order valence-corrected chi connectivity index (χ1v) is 7.00. The van der Waals surface area contributed by atoms with Crippen molar-refractivity contribution in [3.63, 3.8) is 0 Å². The monoisotopic (exact) mass is 257 g/mol. The average molecular weight is 257 g/mol. The van der Waals surface area contributed by atoms with Crippen LogP contribution in [0.2, 0.25) is 0 Å². The summed E-state index contributed by atoms with van der Waals surface area (Å²) >= 11 is 2.00. The molecule has 0 spiro atoms. The minimum Gasteiger partial charge on any atom is -0.312 e. The predicted molar refractivity (Wildman–Crippen MR) is 68.6 cm³/mol. The van der Waals surface area contributed by atoms with Crippen LogP contribution >= 0.6 is 11.8 Å². The van der Waals surface area contributed by atoms with E-state index in [2.05, 4.69) is 5.32 Å². The van der Waals surface area contributed by atoms with E-state index >= 15 is 0 Å². The van der Waals surface area contributed by atoms with Gasteiger partial charge >= 0.3 is 0 Å². The Morgan fingerprint density at radius 3 is 3.00 bits per heavy atom. The molecule has 2 rings (SSSR count). The van der Waals surface area contributed by atoms with Crippen LogP contribution in [0.25, 0.3) is 0 Å². The Labute approximate surface area is 105 Å². The van der Waals surface area contributed by atoms with E-state index in [1.807, 2.05) is 17.8 Å². The highest BCUT2D eigenvalue weighted by Crippen LogP contribution is 2.25. The summed E-state index contributed by atoms with van der Waals surface area (Å²) in [5.74, 6) is 1.26. The van der Waals surface area contributed by atoms with Crippen LogP contribution in [0.4, 0.5) is 8.78 Å². The highest BCUT2D eigenvalue weighted by Gasteiger charge is 2.14. The summed E-state index contributed by atoms with van der Waals surface area (Å²) in [5, 5.41) is 4.05. The zero-order valence-electron chi connectivity index (χ0n) is 9.66. The van der Waals surface area contributed by atoms with Gasteiger partial charge in [-0.1, -0.05) is 18.2 Å². The van der Waals surface area contributed by atoms with Crippen LogP contribution in [0.5, 0.6) is 0 Å². The molecule has 0 radical (unpaired) electrons. The molecule has 0 aliphatic carbocycles. The summed E-state index contributed by atoms with van der Waals surface area (Å²) in [6, 6.07) is 6.64. The molecular formula is C13H17F2NS. The third kappa shape index (κ3) is 3.96. The van der Waals surface area contributed by atoms with Crippen LogP contribution in [0.1, 0.15) is 30.4 Å². The van der Waals surface area contributed by atoms with Gasteiger partial charge in [0, 0.05) is 23.9 Å². The van der Waals surface area contributed by atoms with Crippen molar-refractivity contribution in [2.45, 2.75) is 31.1 Å². The standard InChI is InChI=1S/C13H17F2NS/c14-13(15)11-4-1-3-10(7-11)8-16-9-12-5-2-6-17-12/h1,3-4,7,12-13,16H,2,5-6,8-9H2. The second-order valence-corrected chi connectivity index (χ2v) is 5.72. The van der Waals surface area contributed by atoms with E-state index in [0.29, 0.717) is 11.8 Å². The number of benzene rings is 1. The van der Waals surface area contributed by atoms with Gasteiger partial charge < -0.3 is 5.32 Å². The van der Waals surface area contributed by atoms with Crippen LogP contribution in [-0.2, 0) is 6.54 Å². The molecule has 1 aromatic rings. The SMILES string of the molecule is FC(F)c1cccc(CNCC2CCCS2)c1. The largest absolute Gasteiger partial charge is 0.312 e. The quantitative estimate of drug-likeness (QED) is 0.865. The number of halogens is 2. The predicted octanol–water partition coefficient (Wildman–Crippen LogP) is 3.61. The fourth-order valence-electron chi connectivity index (χ4n) is 2.02. The van der Waals surface area contributed by atoms with Gasteiger partial charge in [0.2, 0.25) is 0 Å². The molecule has 0 bridgehead atoms. The van der Waals surface area contributed by atoms with Gasteiger partial charge in [-0.3, -0.25) is 0 Å². The van der Waals surface area contributed by atoms with Crippen LogP contribution < -0.4 is 5.32 Å². The number of nitrogens with one attached hydrogen (secondary N) is 1. The van der Waals surface area contributed by atoms with E-state index < -0.39 is 6.43 Å². The molecule has 1 aliphatic heterocycles. The summed E-state index contributed by atoms with van der Waals surface area (Å²) in [5.41, 5.74) is 1.05. The molecule has 1 heterocycles.